The molecule has 0 aliphatic heterocycles. The molecular formula is C24H26N4O2. The Bertz CT molecular complexity index is 1140. The summed E-state index contributed by atoms with van der Waals surface area (Å²) in [6.07, 6.45) is 5.58. The number of hydrogen-bond donors (Lipinski definition) is 2. The summed E-state index contributed by atoms with van der Waals surface area (Å²) in [5, 5.41) is 3.47. The maximum absolute atomic E-state index is 12.3. The standard InChI is InChI=1S/C24H26N4O2/c1-5-12-28(20-9-7-19(8-10-20)23(29)25-14-16(2)3)15-18-6-11-22-21(13-18)24(30)27-17(4)26-22/h1,6-11,13,16H,12,14-15H2,2-4H3,(H,25,29)(H,26,27,30). The quantitative estimate of drug-likeness (QED) is 0.595. The molecule has 0 radical (unpaired) electrons. The third-order valence-electron chi connectivity index (χ3n) is 4.71. The molecule has 30 heavy (non-hydrogen) atoms. The molecule has 154 valence electrons. The highest BCUT2D eigenvalue weighted by molar-refractivity contribution is 5.94. The molecule has 0 saturated heterocycles. The molecule has 0 bridgehead atoms. The van der Waals surface area contributed by atoms with E-state index < -0.39 is 0 Å². The number of amides is 1. The molecule has 0 aliphatic carbocycles. The van der Waals surface area contributed by atoms with E-state index >= 15 is 0 Å². The van der Waals surface area contributed by atoms with Crippen LogP contribution in [-0.4, -0.2) is 29.0 Å². The van der Waals surface area contributed by atoms with E-state index in [1.165, 1.54) is 0 Å². The van der Waals surface area contributed by atoms with Gasteiger partial charge in [-0.25, -0.2) is 4.98 Å². The van der Waals surface area contributed by atoms with E-state index in [0.29, 0.717) is 47.8 Å². The summed E-state index contributed by atoms with van der Waals surface area (Å²) < 4.78 is 0. The van der Waals surface area contributed by atoms with E-state index in [9.17, 15) is 9.59 Å². The Morgan fingerprint density at radius 1 is 1.23 bits per heavy atom. The molecule has 1 heterocycles. The van der Waals surface area contributed by atoms with Gasteiger partial charge in [0.15, 0.2) is 0 Å². The van der Waals surface area contributed by atoms with Crippen LogP contribution in [-0.2, 0) is 6.54 Å². The van der Waals surface area contributed by atoms with Crippen LogP contribution in [0, 0.1) is 25.2 Å². The van der Waals surface area contributed by atoms with Crippen LogP contribution in [0.4, 0.5) is 5.69 Å². The lowest BCUT2D eigenvalue weighted by Crippen LogP contribution is -2.27. The van der Waals surface area contributed by atoms with E-state index in [4.69, 9.17) is 6.42 Å². The smallest absolute Gasteiger partial charge is 0.258 e. The molecule has 3 rings (SSSR count). The summed E-state index contributed by atoms with van der Waals surface area (Å²) in [4.78, 5) is 33.6. The van der Waals surface area contributed by atoms with Crippen molar-refractivity contribution in [3.05, 3.63) is 69.8 Å². The minimum atomic E-state index is -0.153. The lowest BCUT2D eigenvalue weighted by molar-refractivity contribution is 0.0949. The molecule has 1 aromatic heterocycles. The number of terminal acetylenes is 1. The van der Waals surface area contributed by atoms with Crippen LogP contribution in [0.2, 0.25) is 0 Å². The van der Waals surface area contributed by atoms with Crippen LogP contribution in [0.1, 0.15) is 35.6 Å². The third-order valence-corrected chi connectivity index (χ3v) is 4.71. The number of nitrogens with zero attached hydrogens (tertiary/aromatic N) is 2. The molecule has 0 spiro atoms. The summed E-state index contributed by atoms with van der Waals surface area (Å²) in [6, 6.07) is 13.0. The van der Waals surface area contributed by atoms with Gasteiger partial charge in [0.1, 0.15) is 5.82 Å². The monoisotopic (exact) mass is 402 g/mol. The average Bonchev–Trinajstić information content (AvgIpc) is 2.72. The number of rotatable bonds is 7. The number of hydrogen-bond acceptors (Lipinski definition) is 4. The summed E-state index contributed by atoms with van der Waals surface area (Å²) >= 11 is 0. The van der Waals surface area contributed by atoms with Crippen LogP contribution in [0.15, 0.2) is 47.3 Å². The minimum absolute atomic E-state index is 0.0877. The first-order valence-electron chi connectivity index (χ1n) is 9.93. The predicted octanol–water partition coefficient (Wildman–Crippen LogP) is 3.26. The Hall–Kier alpha value is -3.59. The molecule has 0 aliphatic rings. The third kappa shape index (κ3) is 5.06. The molecule has 2 N–H and O–H groups in total. The highest BCUT2D eigenvalue weighted by Crippen LogP contribution is 2.19. The largest absolute Gasteiger partial charge is 0.356 e. The zero-order valence-electron chi connectivity index (χ0n) is 17.5. The number of benzene rings is 2. The van der Waals surface area contributed by atoms with Crippen molar-refractivity contribution in [2.45, 2.75) is 27.3 Å². The fourth-order valence-corrected chi connectivity index (χ4v) is 3.19. The molecule has 0 saturated carbocycles. The number of carbonyl (C=O) groups excluding carboxylic acids is 1. The van der Waals surface area contributed by atoms with Gasteiger partial charge in [0.25, 0.3) is 11.5 Å². The second-order valence-electron chi connectivity index (χ2n) is 7.71. The molecule has 2 aromatic carbocycles. The fourth-order valence-electron chi connectivity index (χ4n) is 3.19. The number of anilines is 1. The number of aryl methyl sites for hydroxylation is 1. The maximum Gasteiger partial charge on any atom is 0.258 e. The van der Waals surface area contributed by atoms with Crippen LogP contribution >= 0.6 is 0 Å². The van der Waals surface area contributed by atoms with E-state index in [-0.39, 0.29) is 11.5 Å². The Kier molecular flexibility index (Phi) is 6.53. The zero-order valence-corrected chi connectivity index (χ0v) is 17.5. The number of aromatic amines is 1. The molecular weight excluding hydrogens is 376 g/mol. The molecule has 0 fully saturated rings. The number of carbonyl (C=O) groups is 1. The number of fused-ring (bicyclic) bond motifs is 1. The molecule has 0 atom stereocenters. The molecule has 6 nitrogen and oxygen atoms in total. The highest BCUT2D eigenvalue weighted by Gasteiger charge is 2.11. The molecule has 3 aromatic rings. The summed E-state index contributed by atoms with van der Waals surface area (Å²) in [7, 11) is 0. The summed E-state index contributed by atoms with van der Waals surface area (Å²) in [6.45, 7) is 7.44. The van der Waals surface area contributed by atoms with Crippen LogP contribution in [0.3, 0.4) is 0 Å². The van der Waals surface area contributed by atoms with Crippen molar-refractivity contribution in [3.8, 4) is 12.3 Å². The van der Waals surface area contributed by atoms with Gasteiger partial charge in [-0.3, -0.25) is 9.59 Å². The van der Waals surface area contributed by atoms with Gasteiger partial charge in [0, 0.05) is 24.3 Å². The first-order chi connectivity index (χ1) is 14.4. The van der Waals surface area contributed by atoms with Gasteiger partial charge < -0.3 is 15.2 Å². The SMILES string of the molecule is C#CCN(Cc1ccc2nc(C)[nH]c(=O)c2c1)c1ccc(C(=O)NCC(C)C)cc1. The minimum Gasteiger partial charge on any atom is -0.356 e. The van der Waals surface area contributed by atoms with Gasteiger partial charge in [-0.2, -0.15) is 0 Å². The van der Waals surface area contributed by atoms with E-state index in [2.05, 4.69) is 35.1 Å². The van der Waals surface area contributed by atoms with Crippen molar-refractivity contribution in [3.63, 3.8) is 0 Å². The zero-order chi connectivity index (χ0) is 21.7. The Morgan fingerprint density at radius 3 is 2.63 bits per heavy atom. The maximum atomic E-state index is 12.3. The van der Waals surface area contributed by atoms with Crippen molar-refractivity contribution in [2.75, 3.05) is 18.0 Å². The molecule has 6 heteroatoms. The van der Waals surface area contributed by atoms with Crippen molar-refractivity contribution in [2.24, 2.45) is 5.92 Å². The number of H-pyrrole nitrogens is 1. The van der Waals surface area contributed by atoms with Crippen molar-refractivity contribution in [1.82, 2.24) is 15.3 Å². The van der Waals surface area contributed by atoms with Gasteiger partial charge >= 0.3 is 0 Å². The number of aromatic nitrogens is 2. The van der Waals surface area contributed by atoms with E-state index in [0.717, 1.165) is 11.3 Å². The van der Waals surface area contributed by atoms with Gasteiger partial charge in [-0.05, 0) is 54.8 Å². The molecule has 1 amide bonds. The fraction of sp³-hybridized carbons (Fsp3) is 0.292. The van der Waals surface area contributed by atoms with Gasteiger partial charge in [0.2, 0.25) is 0 Å². The summed E-state index contributed by atoms with van der Waals surface area (Å²) in [5.74, 6) is 3.58. The lowest BCUT2D eigenvalue weighted by Gasteiger charge is -2.23. The van der Waals surface area contributed by atoms with Crippen LogP contribution in [0.25, 0.3) is 10.9 Å². The van der Waals surface area contributed by atoms with Crippen LogP contribution < -0.4 is 15.8 Å². The van der Waals surface area contributed by atoms with Crippen molar-refractivity contribution >= 4 is 22.5 Å². The highest BCUT2D eigenvalue weighted by atomic mass is 16.1. The normalized spacial score (nSPS) is 10.8. The van der Waals surface area contributed by atoms with Crippen LogP contribution in [0.5, 0.6) is 0 Å². The van der Waals surface area contributed by atoms with Gasteiger partial charge in [-0.1, -0.05) is 25.8 Å². The van der Waals surface area contributed by atoms with E-state index in [1.807, 2.05) is 35.2 Å². The summed E-state index contributed by atoms with van der Waals surface area (Å²) in [5.41, 5.74) is 2.98. The first-order valence-corrected chi connectivity index (χ1v) is 9.93. The average molecular weight is 402 g/mol. The number of nitrogens with one attached hydrogen (secondary N) is 2. The van der Waals surface area contributed by atoms with Gasteiger partial charge in [0.05, 0.1) is 17.4 Å². The van der Waals surface area contributed by atoms with Crippen molar-refractivity contribution in [1.29, 1.82) is 0 Å². The Morgan fingerprint density at radius 2 is 1.97 bits per heavy atom. The van der Waals surface area contributed by atoms with Gasteiger partial charge in [-0.15, -0.1) is 6.42 Å². The second-order valence-corrected chi connectivity index (χ2v) is 7.71. The Balaban J connectivity index is 1.81. The Labute approximate surface area is 176 Å². The second kappa shape index (κ2) is 9.27. The van der Waals surface area contributed by atoms with Crippen molar-refractivity contribution < 1.29 is 4.79 Å². The first kappa shape index (κ1) is 21.1. The topological polar surface area (TPSA) is 78.1 Å². The molecule has 0 unspecified atom stereocenters. The lowest BCUT2D eigenvalue weighted by atomic mass is 10.1. The van der Waals surface area contributed by atoms with E-state index in [1.54, 1.807) is 19.1 Å². The predicted molar refractivity (Wildman–Crippen MR) is 121 cm³/mol.